The van der Waals surface area contributed by atoms with Gasteiger partial charge >= 0.3 is 0 Å². The van der Waals surface area contributed by atoms with Gasteiger partial charge in [0.15, 0.2) is 0 Å². The van der Waals surface area contributed by atoms with Crippen LogP contribution >= 0.6 is 0 Å². The fraction of sp³-hybridized carbons (Fsp3) is 0.308. The Kier molecular flexibility index (Phi) is 2.88. The van der Waals surface area contributed by atoms with Gasteiger partial charge in [0.05, 0.1) is 11.8 Å². The normalized spacial score (nSPS) is 11.1. The van der Waals surface area contributed by atoms with Crippen LogP contribution in [0.25, 0.3) is 11.1 Å². The molecule has 2 aromatic rings. The SMILES string of the molecule is Cc1ccc(N)c(-c2cnn(C(C)C)c2F)c1. The fourth-order valence-electron chi connectivity index (χ4n) is 1.79. The number of benzene rings is 1. The molecule has 0 fully saturated rings. The minimum Gasteiger partial charge on any atom is -0.398 e. The minimum absolute atomic E-state index is 0.00483. The number of aryl methyl sites for hydroxylation is 1. The lowest BCUT2D eigenvalue weighted by Crippen LogP contribution is -2.05. The molecule has 0 saturated carbocycles. The summed E-state index contributed by atoms with van der Waals surface area (Å²) in [6.45, 7) is 5.73. The molecule has 0 aliphatic heterocycles. The third-order valence-electron chi connectivity index (χ3n) is 2.72. The Hall–Kier alpha value is -1.84. The minimum atomic E-state index is -0.336. The highest BCUT2D eigenvalue weighted by molar-refractivity contribution is 5.76. The first-order valence-electron chi connectivity index (χ1n) is 5.60. The van der Waals surface area contributed by atoms with E-state index in [0.29, 0.717) is 16.8 Å². The Labute approximate surface area is 100 Å². The van der Waals surface area contributed by atoms with E-state index >= 15 is 0 Å². The van der Waals surface area contributed by atoms with Crippen molar-refractivity contribution in [3.8, 4) is 11.1 Å². The largest absolute Gasteiger partial charge is 0.398 e. The molecule has 0 unspecified atom stereocenters. The first-order chi connectivity index (χ1) is 8.00. The van der Waals surface area contributed by atoms with Gasteiger partial charge in [-0.15, -0.1) is 0 Å². The molecule has 0 spiro atoms. The Morgan fingerprint density at radius 1 is 1.29 bits per heavy atom. The van der Waals surface area contributed by atoms with Gasteiger partial charge in [-0.1, -0.05) is 11.6 Å². The molecule has 1 heterocycles. The molecule has 0 saturated heterocycles. The maximum Gasteiger partial charge on any atom is 0.219 e. The first-order valence-corrected chi connectivity index (χ1v) is 5.60. The van der Waals surface area contributed by atoms with Crippen LogP contribution in [0, 0.1) is 12.9 Å². The van der Waals surface area contributed by atoms with Crippen LogP contribution in [0.1, 0.15) is 25.5 Å². The summed E-state index contributed by atoms with van der Waals surface area (Å²) in [6, 6.07) is 5.57. The average Bonchev–Trinajstić information content (AvgIpc) is 2.64. The van der Waals surface area contributed by atoms with E-state index in [1.54, 1.807) is 6.07 Å². The third kappa shape index (κ3) is 2.02. The molecule has 90 valence electrons. The van der Waals surface area contributed by atoms with Crippen molar-refractivity contribution in [3.63, 3.8) is 0 Å². The van der Waals surface area contributed by atoms with Gasteiger partial charge in [0.25, 0.3) is 0 Å². The summed E-state index contributed by atoms with van der Waals surface area (Å²) >= 11 is 0. The standard InChI is InChI=1S/C13H16FN3/c1-8(2)17-13(14)11(7-16-17)10-6-9(3)4-5-12(10)15/h4-8H,15H2,1-3H3. The van der Waals surface area contributed by atoms with Crippen LogP contribution in [0.15, 0.2) is 24.4 Å². The smallest absolute Gasteiger partial charge is 0.219 e. The second-order valence-electron chi connectivity index (χ2n) is 4.48. The van der Waals surface area contributed by atoms with E-state index in [-0.39, 0.29) is 12.0 Å². The van der Waals surface area contributed by atoms with Gasteiger partial charge in [0, 0.05) is 17.3 Å². The molecule has 0 bridgehead atoms. The van der Waals surface area contributed by atoms with Crippen molar-refractivity contribution < 1.29 is 4.39 Å². The average molecular weight is 233 g/mol. The number of nitrogens with zero attached hydrogens (tertiary/aromatic N) is 2. The summed E-state index contributed by atoms with van der Waals surface area (Å²) in [7, 11) is 0. The van der Waals surface area contributed by atoms with Crippen LogP contribution in [0.2, 0.25) is 0 Å². The van der Waals surface area contributed by atoms with E-state index in [1.807, 2.05) is 32.9 Å². The van der Waals surface area contributed by atoms with E-state index in [0.717, 1.165) is 5.56 Å². The van der Waals surface area contributed by atoms with Crippen LogP contribution in [0.3, 0.4) is 0 Å². The van der Waals surface area contributed by atoms with Gasteiger partial charge in [-0.2, -0.15) is 9.49 Å². The zero-order chi connectivity index (χ0) is 12.6. The summed E-state index contributed by atoms with van der Waals surface area (Å²) in [5.41, 5.74) is 8.65. The lowest BCUT2D eigenvalue weighted by Gasteiger charge is -2.07. The predicted molar refractivity (Wildman–Crippen MR) is 67.2 cm³/mol. The summed E-state index contributed by atoms with van der Waals surface area (Å²) in [5, 5.41) is 4.05. The molecule has 0 amide bonds. The second kappa shape index (κ2) is 4.20. The summed E-state index contributed by atoms with van der Waals surface area (Å²) in [6.07, 6.45) is 1.53. The van der Waals surface area contributed by atoms with E-state index in [2.05, 4.69) is 5.10 Å². The van der Waals surface area contributed by atoms with Crippen molar-refractivity contribution in [1.29, 1.82) is 0 Å². The molecular formula is C13H16FN3. The first kappa shape index (κ1) is 11.6. The number of halogens is 1. The van der Waals surface area contributed by atoms with E-state index in [1.165, 1.54) is 10.9 Å². The number of aromatic nitrogens is 2. The molecule has 0 aliphatic rings. The van der Waals surface area contributed by atoms with Gasteiger partial charge < -0.3 is 5.73 Å². The number of anilines is 1. The summed E-state index contributed by atoms with van der Waals surface area (Å²) < 4.78 is 15.5. The Balaban J connectivity index is 2.57. The zero-order valence-corrected chi connectivity index (χ0v) is 10.2. The number of nitrogens with two attached hydrogens (primary N) is 1. The molecule has 17 heavy (non-hydrogen) atoms. The second-order valence-corrected chi connectivity index (χ2v) is 4.48. The maximum atomic E-state index is 14.1. The van der Waals surface area contributed by atoms with Gasteiger partial charge in [-0.25, -0.2) is 4.68 Å². The Morgan fingerprint density at radius 2 is 2.00 bits per heavy atom. The van der Waals surface area contributed by atoms with Crippen molar-refractivity contribution in [2.45, 2.75) is 26.8 Å². The van der Waals surface area contributed by atoms with Crippen molar-refractivity contribution in [1.82, 2.24) is 9.78 Å². The molecule has 1 aromatic heterocycles. The molecule has 1 aromatic carbocycles. The van der Waals surface area contributed by atoms with Crippen LogP contribution in [-0.2, 0) is 0 Å². The maximum absolute atomic E-state index is 14.1. The van der Waals surface area contributed by atoms with Crippen molar-refractivity contribution in [2.75, 3.05) is 5.73 Å². The molecule has 2 rings (SSSR count). The Morgan fingerprint density at radius 3 is 2.59 bits per heavy atom. The van der Waals surface area contributed by atoms with Crippen molar-refractivity contribution >= 4 is 5.69 Å². The number of nitrogen functional groups attached to an aromatic ring is 1. The highest BCUT2D eigenvalue weighted by atomic mass is 19.1. The Bertz CT molecular complexity index is 544. The number of rotatable bonds is 2. The van der Waals surface area contributed by atoms with E-state index < -0.39 is 0 Å². The number of hydrogen-bond acceptors (Lipinski definition) is 2. The molecular weight excluding hydrogens is 217 g/mol. The lowest BCUT2D eigenvalue weighted by atomic mass is 10.0. The fourth-order valence-corrected chi connectivity index (χ4v) is 1.79. The molecule has 0 aliphatic carbocycles. The van der Waals surface area contributed by atoms with Gasteiger partial charge in [0.2, 0.25) is 5.95 Å². The van der Waals surface area contributed by atoms with Crippen molar-refractivity contribution in [2.24, 2.45) is 0 Å². The molecule has 3 nitrogen and oxygen atoms in total. The van der Waals surface area contributed by atoms with Crippen LogP contribution in [0.5, 0.6) is 0 Å². The van der Waals surface area contributed by atoms with Gasteiger partial charge in [0.1, 0.15) is 0 Å². The monoisotopic (exact) mass is 233 g/mol. The zero-order valence-electron chi connectivity index (χ0n) is 10.2. The van der Waals surface area contributed by atoms with Crippen LogP contribution in [0.4, 0.5) is 10.1 Å². The van der Waals surface area contributed by atoms with Gasteiger partial charge in [-0.3, -0.25) is 0 Å². The van der Waals surface area contributed by atoms with Crippen LogP contribution in [-0.4, -0.2) is 9.78 Å². The highest BCUT2D eigenvalue weighted by Crippen LogP contribution is 2.29. The van der Waals surface area contributed by atoms with E-state index in [9.17, 15) is 4.39 Å². The number of hydrogen-bond donors (Lipinski definition) is 1. The topological polar surface area (TPSA) is 43.8 Å². The molecule has 0 radical (unpaired) electrons. The summed E-state index contributed by atoms with van der Waals surface area (Å²) in [5.74, 6) is -0.336. The molecule has 2 N–H and O–H groups in total. The highest BCUT2D eigenvalue weighted by Gasteiger charge is 2.15. The van der Waals surface area contributed by atoms with Gasteiger partial charge in [-0.05, 0) is 32.9 Å². The lowest BCUT2D eigenvalue weighted by molar-refractivity contribution is 0.417. The molecule has 0 atom stereocenters. The van der Waals surface area contributed by atoms with Crippen molar-refractivity contribution in [3.05, 3.63) is 35.9 Å². The van der Waals surface area contributed by atoms with Crippen LogP contribution < -0.4 is 5.73 Å². The predicted octanol–water partition coefficient (Wildman–Crippen LogP) is 3.16. The molecule has 4 heteroatoms. The third-order valence-corrected chi connectivity index (χ3v) is 2.72. The van der Waals surface area contributed by atoms with E-state index in [4.69, 9.17) is 5.73 Å². The quantitative estimate of drug-likeness (QED) is 0.810. The summed E-state index contributed by atoms with van der Waals surface area (Å²) in [4.78, 5) is 0.